The summed E-state index contributed by atoms with van der Waals surface area (Å²) in [6.07, 6.45) is 0. The number of nitrogens with two attached hydrogens (primary N) is 1. The van der Waals surface area contributed by atoms with E-state index in [2.05, 4.69) is 0 Å². The first-order chi connectivity index (χ1) is 4.74. The maximum absolute atomic E-state index is 8.38. The van der Waals surface area contributed by atoms with Crippen molar-refractivity contribution in [2.45, 2.75) is 6.04 Å². The van der Waals surface area contributed by atoms with E-state index in [1.54, 1.807) is 11.4 Å². The summed E-state index contributed by atoms with van der Waals surface area (Å²) in [6, 6.07) is 3.09. The van der Waals surface area contributed by atoms with Crippen molar-refractivity contribution in [2.24, 2.45) is 5.73 Å². The quantitative estimate of drug-likeness (QED) is 0.704. The predicted molar refractivity (Wildman–Crippen MR) is 41.9 cm³/mol. The Kier molecular flexibility index (Phi) is 2.28. The summed E-state index contributed by atoms with van der Waals surface area (Å²) in [5, 5.41) is 10.2. The Morgan fingerprint density at radius 1 is 1.80 bits per heavy atom. The molecule has 0 radical (unpaired) electrons. The molecule has 52 valence electrons. The molecule has 2 nitrogen and oxygen atoms in total. The number of hydrogen-bond donors (Lipinski definition) is 1. The normalized spacial score (nSPS) is 12.5. The van der Waals surface area contributed by atoms with Crippen molar-refractivity contribution in [3.8, 4) is 6.07 Å². The molecule has 0 amide bonds. The van der Waals surface area contributed by atoms with Gasteiger partial charge in [0.25, 0.3) is 0 Å². The molecule has 1 atom stereocenters. The van der Waals surface area contributed by atoms with Crippen molar-refractivity contribution in [1.29, 1.82) is 5.26 Å². The smallest absolute Gasteiger partial charge is 0.119 e. The van der Waals surface area contributed by atoms with Crippen LogP contribution < -0.4 is 5.73 Å². The Hall–Kier alpha value is -0.560. The highest BCUT2D eigenvalue weighted by atomic mass is 35.5. The fourth-order valence-electron chi connectivity index (χ4n) is 0.561. The maximum Gasteiger partial charge on any atom is 0.119 e. The van der Waals surface area contributed by atoms with Crippen LogP contribution in [0.2, 0.25) is 4.34 Å². The lowest BCUT2D eigenvalue weighted by atomic mass is 10.2. The lowest BCUT2D eigenvalue weighted by Crippen LogP contribution is -2.05. The Balaban J connectivity index is 2.87. The molecule has 0 saturated heterocycles. The van der Waals surface area contributed by atoms with Gasteiger partial charge < -0.3 is 5.73 Å². The molecule has 1 aromatic rings. The first-order valence-corrected chi connectivity index (χ1v) is 3.89. The maximum atomic E-state index is 8.38. The molecule has 2 N–H and O–H groups in total. The highest BCUT2D eigenvalue weighted by molar-refractivity contribution is 7.14. The molecule has 0 aromatic carbocycles. The molecule has 0 bridgehead atoms. The van der Waals surface area contributed by atoms with Gasteiger partial charge in [0.15, 0.2) is 0 Å². The fraction of sp³-hybridized carbons (Fsp3) is 0.167. The van der Waals surface area contributed by atoms with Crippen molar-refractivity contribution < 1.29 is 0 Å². The second-order valence-corrected chi connectivity index (χ2v) is 3.33. The van der Waals surface area contributed by atoms with E-state index >= 15 is 0 Å². The second-order valence-electron chi connectivity index (χ2n) is 1.79. The van der Waals surface area contributed by atoms with Crippen LogP contribution in [0, 0.1) is 11.3 Å². The molecule has 0 fully saturated rings. The molecule has 0 saturated carbocycles. The average Bonchev–Trinajstić information content (AvgIpc) is 2.34. The zero-order valence-corrected chi connectivity index (χ0v) is 6.62. The summed E-state index contributed by atoms with van der Waals surface area (Å²) in [7, 11) is 0. The molecule has 1 heterocycles. The molecule has 0 aliphatic heterocycles. The molecule has 1 rings (SSSR count). The topological polar surface area (TPSA) is 49.8 Å². The zero-order chi connectivity index (χ0) is 7.56. The third-order valence-electron chi connectivity index (χ3n) is 1.09. The van der Waals surface area contributed by atoms with Crippen LogP contribution >= 0.6 is 22.9 Å². The number of nitriles is 1. The van der Waals surface area contributed by atoms with Gasteiger partial charge in [-0.2, -0.15) is 5.26 Å². The predicted octanol–water partition coefficient (Wildman–Crippen LogP) is 1.92. The van der Waals surface area contributed by atoms with Crippen molar-refractivity contribution in [3.63, 3.8) is 0 Å². The Morgan fingerprint density at radius 3 is 2.90 bits per heavy atom. The summed E-state index contributed by atoms with van der Waals surface area (Å²) in [5.41, 5.74) is 6.18. The number of rotatable bonds is 1. The van der Waals surface area contributed by atoms with Crippen LogP contribution in [0.4, 0.5) is 0 Å². The first kappa shape index (κ1) is 7.55. The number of hydrogen-bond acceptors (Lipinski definition) is 3. The monoisotopic (exact) mass is 172 g/mol. The van der Waals surface area contributed by atoms with E-state index in [-0.39, 0.29) is 0 Å². The van der Waals surface area contributed by atoms with Crippen molar-refractivity contribution in [2.75, 3.05) is 0 Å². The molecule has 0 spiro atoms. The van der Waals surface area contributed by atoms with Gasteiger partial charge in [-0.3, -0.25) is 0 Å². The van der Waals surface area contributed by atoms with E-state index in [9.17, 15) is 0 Å². The van der Waals surface area contributed by atoms with Crippen LogP contribution in [0.25, 0.3) is 0 Å². The minimum Gasteiger partial charge on any atom is -0.312 e. The summed E-state index contributed by atoms with van der Waals surface area (Å²) in [5.74, 6) is 0. The summed E-state index contributed by atoms with van der Waals surface area (Å²) < 4.78 is 0.667. The van der Waals surface area contributed by atoms with E-state index < -0.39 is 6.04 Å². The second kappa shape index (κ2) is 3.02. The van der Waals surface area contributed by atoms with Gasteiger partial charge in [-0.1, -0.05) is 11.6 Å². The minimum absolute atomic E-state index is 0.538. The largest absolute Gasteiger partial charge is 0.312 e. The lowest BCUT2D eigenvalue weighted by Gasteiger charge is -1.93. The molecule has 1 unspecified atom stereocenters. The van der Waals surface area contributed by atoms with Crippen LogP contribution in [-0.4, -0.2) is 0 Å². The zero-order valence-electron chi connectivity index (χ0n) is 5.04. The van der Waals surface area contributed by atoms with Crippen LogP contribution in [0.5, 0.6) is 0 Å². The number of halogens is 1. The lowest BCUT2D eigenvalue weighted by molar-refractivity contribution is 0.933. The molecule has 0 aliphatic rings. The Labute approximate surface area is 67.8 Å². The van der Waals surface area contributed by atoms with Crippen LogP contribution in [0.15, 0.2) is 11.4 Å². The van der Waals surface area contributed by atoms with Crippen molar-refractivity contribution in [3.05, 3.63) is 21.3 Å². The van der Waals surface area contributed by atoms with Crippen LogP contribution in [0.1, 0.15) is 11.6 Å². The van der Waals surface area contributed by atoms with Gasteiger partial charge in [-0.05, 0) is 17.0 Å². The average molecular weight is 173 g/mol. The molecule has 1 aromatic heterocycles. The number of thiophene rings is 1. The van der Waals surface area contributed by atoms with Crippen molar-refractivity contribution in [1.82, 2.24) is 0 Å². The first-order valence-electron chi connectivity index (χ1n) is 2.63. The van der Waals surface area contributed by atoms with E-state index in [1.807, 2.05) is 6.07 Å². The van der Waals surface area contributed by atoms with Gasteiger partial charge in [-0.15, -0.1) is 11.3 Å². The third-order valence-corrected chi connectivity index (χ3v) is 2.20. The van der Waals surface area contributed by atoms with Gasteiger partial charge in [0.1, 0.15) is 6.04 Å². The number of nitrogens with zero attached hydrogens (tertiary/aromatic N) is 1. The van der Waals surface area contributed by atoms with E-state index in [4.69, 9.17) is 22.6 Å². The third kappa shape index (κ3) is 1.48. The summed E-state index contributed by atoms with van der Waals surface area (Å²) in [6.45, 7) is 0. The summed E-state index contributed by atoms with van der Waals surface area (Å²) >= 11 is 7.00. The Morgan fingerprint density at radius 2 is 2.50 bits per heavy atom. The molecular formula is C6H5ClN2S. The van der Waals surface area contributed by atoms with E-state index in [1.165, 1.54) is 11.3 Å². The van der Waals surface area contributed by atoms with E-state index in [0.717, 1.165) is 5.56 Å². The molecule has 4 heteroatoms. The highest BCUT2D eigenvalue weighted by Gasteiger charge is 2.05. The molecular weight excluding hydrogens is 168 g/mol. The van der Waals surface area contributed by atoms with Gasteiger partial charge >= 0.3 is 0 Å². The summed E-state index contributed by atoms with van der Waals surface area (Å²) in [4.78, 5) is 0. The van der Waals surface area contributed by atoms with Gasteiger partial charge in [0.05, 0.1) is 10.4 Å². The highest BCUT2D eigenvalue weighted by Crippen LogP contribution is 2.23. The standard InChI is InChI=1S/C6H5ClN2S/c7-6-1-4(3-10-6)5(9)2-8/h1,3,5H,9H2. The van der Waals surface area contributed by atoms with Gasteiger partial charge in [-0.25, -0.2) is 0 Å². The molecule has 10 heavy (non-hydrogen) atoms. The van der Waals surface area contributed by atoms with E-state index in [0.29, 0.717) is 4.34 Å². The van der Waals surface area contributed by atoms with Crippen molar-refractivity contribution >= 4 is 22.9 Å². The van der Waals surface area contributed by atoms with Gasteiger partial charge in [0.2, 0.25) is 0 Å². The minimum atomic E-state index is -0.538. The molecule has 0 aliphatic carbocycles. The van der Waals surface area contributed by atoms with Gasteiger partial charge in [0, 0.05) is 0 Å². The Bertz CT molecular complexity index is 263. The SMILES string of the molecule is N#CC(N)c1csc(Cl)c1. The fourth-order valence-corrected chi connectivity index (χ4v) is 1.49. The van der Waals surface area contributed by atoms with Crippen LogP contribution in [0.3, 0.4) is 0 Å². The van der Waals surface area contributed by atoms with Crippen LogP contribution in [-0.2, 0) is 0 Å².